The second-order valence-corrected chi connectivity index (χ2v) is 2.29. The van der Waals surface area contributed by atoms with Gasteiger partial charge in [-0.3, -0.25) is 0 Å². The molecule has 4 nitrogen and oxygen atoms in total. The number of hydrogen-bond donors (Lipinski definition) is 0. The first-order chi connectivity index (χ1) is 6.06. The fraction of sp³-hybridized carbons (Fsp3) is 0.333. The van der Waals surface area contributed by atoms with Gasteiger partial charge in [-0.05, 0) is 25.5 Å². The number of rotatable bonds is 4. The molecule has 0 unspecified atom stereocenters. The van der Waals surface area contributed by atoms with Gasteiger partial charge in [0.25, 0.3) is 0 Å². The fourth-order valence-electron chi connectivity index (χ4n) is 0.617. The fourth-order valence-corrected chi connectivity index (χ4v) is 0.617. The summed E-state index contributed by atoms with van der Waals surface area (Å²) in [7, 11) is 0. The van der Waals surface area contributed by atoms with E-state index in [4.69, 9.17) is 0 Å². The molecule has 0 aromatic heterocycles. The monoisotopic (exact) mass is 183 g/mol. The summed E-state index contributed by atoms with van der Waals surface area (Å²) in [5.74, 6) is -1.78. The van der Waals surface area contributed by atoms with E-state index in [0.29, 0.717) is 12.2 Å². The Morgan fingerprint density at radius 2 is 2.00 bits per heavy atom. The highest BCUT2D eigenvalue weighted by atomic mass is 16.5. The van der Waals surface area contributed by atoms with Gasteiger partial charge in [-0.25, -0.2) is 4.79 Å². The Morgan fingerprint density at radius 3 is 2.46 bits per heavy atom. The minimum atomic E-state index is -1.29. The van der Waals surface area contributed by atoms with Crippen molar-refractivity contribution in [3.8, 4) is 0 Å². The molecule has 0 fully saturated rings. The number of esters is 1. The molecule has 0 aliphatic rings. The molecule has 13 heavy (non-hydrogen) atoms. The summed E-state index contributed by atoms with van der Waals surface area (Å²) in [6, 6.07) is 0. The van der Waals surface area contributed by atoms with E-state index < -0.39 is 11.9 Å². The van der Waals surface area contributed by atoms with E-state index in [1.54, 1.807) is 13.8 Å². The van der Waals surface area contributed by atoms with Gasteiger partial charge in [-0.2, -0.15) is 0 Å². The summed E-state index contributed by atoms with van der Waals surface area (Å²) in [4.78, 5) is 20.8. The molecular formula is C9H11O4-. The normalized spacial score (nSPS) is 11.7. The number of allylic oxidation sites excluding steroid dienone is 2. The maximum Gasteiger partial charge on any atom is 0.330 e. The number of ether oxygens (including phenoxy) is 1. The Hall–Kier alpha value is -1.58. The van der Waals surface area contributed by atoms with Gasteiger partial charge in [-0.15, -0.1) is 0 Å². The van der Waals surface area contributed by atoms with Gasteiger partial charge < -0.3 is 14.6 Å². The minimum Gasteiger partial charge on any atom is -0.545 e. The zero-order chi connectivity index (χ0) is 10.3. The van der Waals surface area contributed by atoms with Crippen LogP contribution in [0.1, 0.15) is 13.8 Å². The van der Waals surface area contributed by atoms with E-state index in [1.165, 1.54) is 12.2 Å². The SMILES string of the molecule is CCOC(=O)C=C(C)C=CC(=O)[O-]. The smallest absolute Gasteiger partial charge is 0.330 e. The van der Waals surface area contributed by atoms with Crippen molar-refractivity contribution in [2.75, 3.05) is 6.61 Å². The largest absolute Gasteiger partial charge is 0.545 e. The third-order valence-electron chi connectivity index (χ3n) is 1.11. The maximum absolute atomic E-state index is 10.8. The van der Waals surface area contributed by atoms with Gasteiger partial charge >= 0.3 is 5.97 Å². The zero-order valence-electron chi connectivity index (χ0n) is 7.57. The highest BCUT2D eigenvalue weighted by molar-refractivity contribution is 5.84. The van der Waals surface area contributed by atoms with Gasteiger partial charge in [-0.1, -0.05) is 6.08 Å². The minimum absolute atomic E-state index is 0.298. The van der Waals surface area contributed by atoms with Crippen LogP contribution in [0.3, 0.4) is 0 Å². The van der Waals surface area contributed by atoms with Crippen molar-refractivity contribution < 1.29 is 19.4 Å². The number of hydrogen-bond acceptors (Lipinski definition) is 4. The summed E-state index contributed by atoms with van der Waals surface area (Å²) in [5, 5.41) is 9.97. The number of aliphatic carboxylic acids is 1. The zero-order valence-corrected chi connectivity index (χ0v) is 7.57. The van der Waals surface area contributed by atoms with Crippen molar-refractivity contribution in [2.45, 2.75) is 13.8 Å². The molecule has 0 radical (unpaired) electrons. The molecule has 0 saturated heterocycles. The van der Waals surface area contributed by atoms with Crippen molar-refractivity contribution in [1.29, 1.82) is 0 Å². The number of carboxylic acids is 1. The van der Waals surface area contributed by atoms with Gasteiger partial charge in [0.2, 0.25) is 0 Å². The van der Waals surface area contributed by atoms with Gasteiger partial charge in [0, 0.05) is 6.08 Å². The van der Waals surface area contributed by atoms with E-state index in [1.807, 2.05) is 0 Å². The van der Waals surface area contributed by atoms with Crippen LogP contribution in [0.5, 0.6) is 0 Å². The van der Waals surface area contributed by atoms with Crippen LogP contribution in [0, 0.1) is 0 Å². The lowest BCUT2D eigenvalue weighted by Crippen LogP contribution is -2.18. The predicted octanol–water partition coefficient (Wildman–Crippen LogP) is -0.198. The molecule has 0 N–H and O–H groups in total. The molecule has 0 bridgehead atoms. The van der Waals surface area contributed by atoms with Crippen LogP contribution in [0.4, 0.5) is 0 Å². The van der Waals surface area contributed by atoms with Crippen LogP contribution >= 0.6 is 0 Å². The molecule has 0 aromatic rings. The molecule has 0 atom stereocenters. The molecule has 0 aromatic carbocycles. The lowest BCUT2D eigenvalue weighted by atomic mass is 10.2. The second-order valence-electron chi connectivity index (χ2n) is 2.29. The van der Waals surface area contributed by atoms with E-state index in [9.17, 15) is 14.7 Å². The quantitative estimate of drug-likeness (QED) is 0.344. The molecule has 4 heteroatoms. The van der Waals surface area contributed by atoms with Crippen molar-refractivity contribution in [3.05, 3.63) is 23.8 Å². The van der Waals surface area contributed by atoms with Crippen molar-refractivity contribution in [2.24, 2.45) is 0 Å². The summed E-state index contributed by atoms with van der Waals surface area (Å²) in [6.45, 7) is 3.58. The predicted molar refractivity (Wildman–Crippen MR) is 44.5 cm³/mol. The van der Waals surface area contributed by atoms with Gasteiger partial charge in [0.05, 0.1) is 12.6 Å². The van der Waals surface area contributed by atoms with Crippen LogP contribution in [-0.2, 0) is 14.3 Å². The number of carboxylic acid groups (broad SMARTS) is 1. The molecule has 0 heterocycles. The van der Waals surface area contributed by atoms with Crippen LogP contribution in [0.15, 0.2) is 23.8 Å². The van der Waals surface area contributed by atoms with E-state index in [0.717, 1.165) is 6.08 Å². The van der Waals surface area contributed by atoms with Crippen molar-refractivity contribution in [3.63, 3.8) is 0 Å². The maximum atomic E-state index is 10.8. The molecule has 0 aliphatic carbocycles. The van der Waals surface area contributed by atoms with Crippen LogP contribution in [0.25, 0.3) is 0 Å². The summed E-state index contributed by atoms with van der Waals surface area (Å²) < 4.78 is 4.61. The Labute approximate surface area is 76.5 Å². The van der Waals surface area contributed by atoms with Crippen molar-refractivity contribution >= 4 is 11.9 Å². The lowest BCUT2D eigenvalue weighted by Gasteiger charge is -1.96. The summed E-state index contributed by atoms with van der Waals surface area (Å²) >= 11 is 0. The molecule has 0 aliphatic heterocycles. The molecule has 0 amide bonds. The average molecular weight is 183 g/mol. The Morgan fingerprint density at radius 1 is 1.38 bits per heavy atom. The second kappa shape index (κ2) is 5.99. The first-order valence-electron chi connectivity index (χ1n) is 3.80. The Balaban J connectivity index is 4.16. The van der Waals surface area contributed by atoms with E-state index >= 15 is 0 Å². The average Bonchev–Trinajstić information content (AvgIpc) is 2.01. The molecule has 72 valence electrons. The topological polar surface area (TPSA) is 66.4 Å². The first-order valence-corrected chi connectivity index (χ1v) is 3.80. The summed E-state index contributed by atoms with van der Waals surface area (Å²) in [6.07, 6.45) is 3.33. The standard InChI is InChI=1S/C9H12O4/c1-3-13-9(12)6-7(2)4-5-8(10)11/h4-6H,3H2,1-2H3,(H,10,11)/p-1. The molecular weight excluding hydrogens is 172 g/mol. The number of carbonyl (C=O) groups excluding carboxylic acids is 2. The van der Waals surface area contributed by atoms with Crippen LogP contribution < -0.4 is 5.11 Å². The van der Waals surface area contributed by atoms with E-state index in [-0.39, 0.29) is 0 Å². The summed E-state index contributed by atoms with van der Waals surface area (Å²) in [5.41, 5.74) is 0.502. The highest BCUT2D eigenvalue weighted by Crippen LogP contribution is 1.95. The van der Waals surface area contributed by atoms with Gasteiger partial charge in [0.15, 0.2) is 0 Å². The molecule has 0 rings (SSSR count). The Bertz CT molecular complexity index is 250. The van der Waals surface area contributed by atoms with Crippen LogP contribution in [-0.4, -0.2) is 18.5 Å². The third kappa shape index (κ3) is 6.80. The van der Waals surface area contributed by atoms with Crippen molar-refractivity contribution in [1.82, 2.24) is 0 Å². The van der Waals surface area contributed by atoms with E-state index in [2.05, 4.69) is 4.74 Å². The third-order valence-corrected chi connectivity index (χ3v) is 1.11. The van der Waals surface area contributed by atoms with Crippen LogP contribution in [0.2, 0.25) is 0 Å². The lowest BCUT2D eigenvalue weighted by molar-refractivity contribution is -0.297. The number of carbonyl (C=O) groups is 2. The van der Waals surface area contributed by atoms with Gasteiger partial charge in [0.1, 0.15) is 0 Å². The molecule has 0 spiro atoms. The molecule has 0 saturated carbocycles. The first kappa shape index (κ1) is 11.4. The highest BCUT2D eigenvalue weighted by Gasteiger charge is 1.94. The Kier molecular flexibility index (Phi) is 5.27.